The van der Waals surface area contributed by atoms with Crippen LogP contribution in [0.3, 0.4) is 0 Å². The van der Waals surface area contributed by atoms with E-state index in [0.717, 1.165) is 16.7 Å². The van der Waals surface area contributed by atoms with E-state index < -0.39 is 11.8 Å². The van der Waals surface area contributed by atoms with Crippen LogP contribution in [-0.2, 0) is 9.53 Å². The zero-order valence-electron chi connectivity index (χ0n) is 15.2. The van der Waals surface area contributed by atoms with E-state index in [1.807, 2.05) is 43.3 Å². The van der Waals surface area contributed by atoms with Crippen LogP contribution in [-0.4, -0.2) is 32.1 Å². The second kappa shape index (κ2) is 8.36. The first-order valence-electron chi connectivity index (χ1n) is 8.56. The van der Waals surface area contributed by atoms with E-state index in [1.165, 1.54) is 12.5 Å². The number of carbonyl (C=O) groups excluding carboxylic acids is 2. The minimum atomic E-state index is -0.883. The molecule has 0 spiro atoms. The lowest BCUT2D eigenvalue weighted by atomic mass is 10.1. The number of ether oxygens (including phenoxy) is 3. The smallest absolute Gasteiger partial charge is 0.379 e. The molecule has 0 heterocycles. The van der Waals surface area contributed by atoms with Crippen molar-refractivity contribution in [3.05, 3.63) is 71.8 Å². The quantitative estimate of drug-likeness (QED) is 0.275. The van der Waals surface area contributed by atoms with E-state index in [9.17, 15) is 9.59 Å². The molecule has 0 saturated heterocycles. The van der Waals surface area contributed by atoms with Crippen LogP contribution in [0.1, 0.15) is 15.9 Å². The Kier molecular flexibility index (Phi) is 5.71. The highest BCUT2D eigenvalue weighted by Gasteiger charge is 2.17. The van der Waals surface area contributed by atoms with E-state index in [2.05, 4.69) is 10.8 Å². The Morgan fingerprint density at radius 3 is 2.33 bits per heavy atom. The van der Waals surface area contributed by atoms with E-state index >= 15 is 0 Å². The van der Waals surface area contributed by atoms with Crippen LogP contribution in [0.2, 0.25) is 0 Å². The molecule has 5 heteroatoms. The first kappa shape index (κ1) is 18.5. The van der Waals surface area contributed by atoms with Gasteiger partial charge in [-0.1, -0.05) is 30.3 Å². The van der Waals surface area contributed by atoms with Crippen molar-refractivity contribution >= 4 is 22.5 Å². The van der Waals surface area contributed by atoms with Gasteiger partial charge in [-0.3, -0.25) is 4.79 Å². The molecule has 0 radical (unpaired) electrons. The first-order valence-corrected chi connectivity index (χ1v) is 8.56. The van der Waals surface area contributed by atoms with Crippen molar-refractivity contribution in [2.45, 2.75) is 6.92 Å². The third-order valence-electron chi connectivity index (χ3n) is 4.14. The van der Waals surface area contributed by atoms with Crippen molar-refractivity contribution in [1.29, 1.82) is 0 Å². The standard InChI is InChI=1S/C22H20O5/c1-15-13-18(21(23)22(24)25-2)8-10-20(15)27-12-11-26-19-9-7-16-5-3-4-6-17(16)14-19/h3-10,13-14H,11-12H2,1-2H3. The van der Waals surface area contributed by atoms with Gasteiger partial charge in [-0.2, -0.15) is 0 Å². The molecule has 0 aromatic heterocycles. The maximum atomic E-state index is 11.8. The zero-order valence-corrected chi connectivity index (χ0v) is 15.2. The molecule has 3 rings (SSSR count). The average Bonchev–Trinajstić information content (AvgIpc) is 2.70. The molecular formula is C22H20O5. The Morgan fingerprint density at radius 1 is 0.852 bits per heavy atom. The number of carbonyl (C=O) groups is 2. The summed E-state index contributed by atoms with van der Waals surface area (Å²) in [4.78, 5) is 23.1. The molecule has 0 fully saturated rings. The number of hydrogen-bond donors (Lipinski definition) is 0. The van der Waals surface area contributed by atoms with Crippen LogP contribution in [0.5, 0.6) is 11.5 Å². The molecular weight excluding hydrogens is 344 g/mol. The number of Topliss-reactive ketones (excluding diaryl/α,β-unsaturated/α-hetero) is 1. The molecule has 3 aromatic carbocycles. The Labute approximate surface area is 157 Å². The minimum Gasteiger partial charge on any atom is -0.490 e. The third-order valence-corrected chi connectivity index (χ3v) is 4.14. The molecule has 0 amide bonds. The number of esters is 1. The van der Waals surface area contributed by atoms with Gasteiger partial charge in [0.1, 0.15) is 24.7 Å². The summed E-state index contributed by atoms with van der Waals surface area (Å²) in [6.45, 7) is 2.56. The number of ketones is 1. The van der Waals surface area contributed by atoms with Crippen molar-refractivity contribution < 1.29 is 23.8 Å². The second-order valence-corrected chi connectivity index (χ2v) is 6.01. The van der Waals surface area contributed by atoms with E-state index in [0.29, 0.717) is 19.0 Å². The van der Waals surface area contributed by atoms with Gasteiger partial charge in [0.05, 0.1) is 7.11 Å². The molecule has 5 nitrogen and oxygen atoms in total. The van der Waals surface area contributed by atoms with Gasteiger partial charge in [0, 0.05) is 5.56 Å². The van der Waals surface area contributed by atoms with E-state index in [-0.39, 0.29) is 5.56 Å². The van der Waals surface area contributed by atoms with Gasteiger partial charge in [-0.25, -0.2) is 4.79 Å². The van der Waals surface area contributed by atoms with E-state index in [1.54, 1.807) is 18.2 Å². The Hall–Kier alpha value is -3.34. The SMILES string of the molecule is COC(=O)C(=O)c1ccc(OCCOc2ccc3ccccc3c2)c(C)c1. The maximum absolute atomic E-state index is 11.8. The van der Waals surface area contributed by atoms with Gasteiger partial charge in [0.2, 0.25) is 0 Å². The summed E-state index contributed by atoms with van der Waals surface area (Å²) in [5, 5.41) is 2.29. The third kappa shape index (κ3) is 4.44. The fourth-order valence-electron chi connectivity index (χ4n) is 2.73. The number of methoxy groups -OCH3 is 1. The topological polar surface area (TPSA) is 61.8 Å². The van der Waals surface area contributed by atoms with Gasteiger partial charge in [-0.05, 0) is 53.6 Å². The zero-order chi connectivity index (χ0) is 19.2. The molecule has 0 bridgehead atoms. The van der Waals surface area contributed by atoms with Crippen LogP contribution in [0.4, 0.5) is 0 Å². The van der Waals surface area contributed by atoms with Crippen LogP contribution in [0.15, 0.2) is 60.7 Å². The maximum Gasteiger partial charge on any atom is 0.379 e. The number of fused-ring (bicyclic) bond motifs is 1. The van der Waals surface area contributed by atoms with Gasteiger partial charge in [0.15, 0.2) is 0 Å². The van der Waals surface area contributed by atoms with Gasteiger partial charge < -0.3 is 14.2 Å². The second-order valence-electron chi connectivity index (χ2n) is 6.01. The summed E-state index contributed by atoms with van der Waals surface area (Å²) in [5.74, 6) is -0.134. The van der Waals surface area contributed by atoms with Crippen molar-refractivity contribution in [2.75, 3.05) is 20.3 Å². The normalized spacial score (nSPS) is 10.4. The average molecular weight is 364 g/mol. The lowest BCUT2D eigenvalue weighted by Crippen LogP contribution is -2.16. The summed E-state index contributed by atoms with van der Waals surface area (Å²) in [7, 11) is 1.18. The molecule has 0 aliphatic rings. The molecule has 0 saturated carbocycles. The molecule has 0 aliphatic carbocycles. The fraction of sp³-hybridized carbons (Fsp3) is 0.182. The van der Waals surface area contributed by atoms with Crippen LogP contribution in [0, 0.1) is 6.92 Å². The predicted octanol–water partition coefficient (Wildman–Crippen LogP) is 3.96. The highest BCUT2D eigenvalue weighted by molar-refractivity contribution is 6.40. The summed E-state index contributed by atoms with van der Waals surface area (Å²) in [5.41, 5.74) is 1.04. The number of aryl methyl sites for hydroxylation is 1. The number of hydrogen-bond acceptors (Lipinski definition) is 5. The molecule has 0 atom stereocenters. The number of rotatable bonds is 7. The largest absolute Gasteiger partial charge is 0.490 e. The predicted molar refractivity (Wildman–Crippen MR) is 102 cm³/mol. The van der Waals surface area contributed by atoms with Crippen molar-refractivity contribution in [1.82, 2.24) is 0 Å². The van der Waals surface area contributed by atoms with E-state index in [4.69, 9.17) is 9.47 Å². The van der Waals surface area contributed by atoms with Gasteiger partial charge >= 0.3 is 5.97 Å². The number of benzene rings is 3. The summed E-state index contributed by atoms with van der Waals surface area (Å²) < 4.78 is 15.9. The monoisotopic (exact) mass is 364 g/mol. The first-order chi connectivity index (χ1) is 13.1. The fourth-order valence-corrected chi connectivity index (χ4v) is 2.73. The lowest BCUT2D eigenvalue weighted by Gasteiger charge is -2.11. The molecule has 0 aliphatic heterocycles. The molecule has 0 N–H and O–H groups in total. The minimum absolute atomic E-state index is 0.277. The van der Waals surface area contributed by atoms with Crippen LogP contribution < -0.4 is 9.47 Å². The van der Waals surface area contributed by atoms with Crippen LogP contribution in [0.25, 0.3) is 10.8 Å². The van der Waals surface area contributed by atoms with Gasteiger partial charge in [0.25, 0.3) is 5.78 Å². The Balaban J connectivity index is 1.55. The highest BCUT2D eigenvalue weighted by atomic mass is 16.5. The lowest BCUT2D eigenvalue weighted by molar-refractivity contribution is -0.135. The van der Waals surface area contributed by atoms with Gasteiger partial charge in [-0.15, -0.1) is 0 Å². The summed E-state index contributed by atoms with van der Waals surface area (Å²) in [6.07, 6.45) is 0. The molecule has 27 heavy (non-hydrogen) atoms. The van der Waals surface area contributed by atoms with Crippen molar-refractivity contribution in [3.63, 3.8) is 0 Å². The molecule has 138 valence electrons. The summed E-state index contributed by atoms with van der Waals surface area (Å²) >= 11 is 0. The Bertz CT molecular complexity index is 977. The molecule has 3 aromatic rings. The van der Waals surface area contributed by atoms with Crippen molar-refractivity contribution in [2.24, 2.45) is 0 Å². The highest BCUT2D eigenvalue weighted by Crippen LogP contribution is 2.22. The molecule has 0 unspecified atom stereocenters. The Morgan fingerprint density at radius 2 is 1.59 bits per heavy atom. The van der Waals surface area contributed by atoms with Crippen LogP contribution >= 0.6 is 0 Å². The van der Waals surface area contributed by atoms with Crippen molar-refractivity contribution in [3.8, 4) is 11.5 Å². The summed E-state index contributed by atoms with van der Waals surface area (Å²) in [6, 6.07) is 18.9.